The van der Waals surface area contributed by atoms with E-state index in [4.69, 9.17) is 4.74 Å². The number of carbonyl (C=O) groups is 1. The van der Waals surface area contributed by atoms with Crippen molar-refractivity contribution in [2.24, 2.45) is 0 Å². The minimum atomic E-state index is 0. The second-order valence-corrected chi connectivity index (χ2v) is 6.52. The summed E-state index contributed by atoms with van der Waals surface area (Å²) in [7, 11) is 4.02. The Morgan fingerprint density at radius 2 is 1.91 bits per heavy atom. The number of likely N-dealkylation sites (N-methyl/N-ethyl adjacent to an activating group) is 1. The molecule has 0 unspecified atom stereocenters. The van der Waals surface area contributed by atoms with E-state index < -0.39 is 0 Å². The molecule has 0 bridgehead atoms. The van der Waals surface area contributed by atoms with E-state index >= 15 is 0 Å². The second kappa shape index (κ2) is 9.71. The molecule has 1 aromatic carbocycles. The molecule has 23 heavy (non-hydrogen) atoms. The van der Waals surface area contributed by atoms with Crippen molar-refractivity contribution in [3.63, 3.8) is 0 Å². The van der Waals surface area contributed by atoms with Crippen LogP contribution in [0.15, 0.2) is 35.7 Å². The predicted octanol–water partition coefficient (Wildman–Crippen LogP) is 4.23. The monoisotopic (exact) mass is 353 g/mol. The zero-order valence-corrected chi connectivity index (χ0v) is 15.5. The number of carbonyl (C=O) groups excluding carboxylic acids is 1. The maximum atomic E-state index is 12.5. The molecule has 1 aromatic heterocycles. The number of ether oxygens (including phenoxy) is 1. The van der Waals surface area contributed by atoms with Gasteiger partial charge in [-0.15, -0.1) is 23.7 Å². The topological polar surface area (TPSA) is 29.5 Å². The molecule has 126 valence electrons. The smallest absolute Gasteiger partial charge is 0.176 e. The molecule has 0 spiro atoms. The van der Waals surface area contributed by atoms with Gasteiger partial charge in [-0.25, -0.2) is 0 Å². The Morgan fingerprint density at radius 3 is 2.57 bits per heavy atom. The molecule has 0 saturated carbocycles. The fourth-order valence-corrected chi connectivity index (χ4v) is 3.11. The van der Waals surface area contributed by atoms with Gasteiger partial charge in [0.1, 0.15) is 17.2 Å². The molecule has 0 aliphatic rings. The summed E-state index contributed by atoms with van der Waals surface area (Å²) in [5.74, 6) is 0.937. The molecule has 0 aliphatic carbocycles. The summed E-state index contributed by atoms with van der Waals surface area (Å²) in [6.45, 7) is 3.44. The van der Waals surface area contributed by atoms with E-state index in [0.717, 1.165) is 29.2 Å². The first-order valence-electron chi connectivity index (χ1n) is 7.50. The Balaban J connectivity index is 0.00000264. The van der Waals surface area contributed by atoms with Gasteiger partial charge in [0.15, 0.2) is 5.78 Å². The van der Waals surface area contributed by atoms with Crippen LogP contribution in [-0.2, 0) is 6.42 Å². The number of thiophene rings is 1. The fraction of sp³-hybridized carbons (Fsp3) is 0.389. The highest BCUT2D eigenvalue weighted by molar-refractivity contribution is 7.12. The minimum Gasteiger partial charge on any atom is -0.490 e. The molecule has 0 saturated heterocycles. The van der Waals surface area contributed by atoms with Crippen LogP contribution < -0.4 is 4.74 Å². The molecule has 0 amide bonds. The van der Waals surface area contributed by atoms with Crippen molar-refractivity contribution in [1.82, 2.24) is 4.90 Å². The predicted molar refractivity (Wildman–Crippen MR) is 99.4 cm³/mol. The molecule has 0 fully saturated rings. The maximum Gasteiger partial charge on any atom is 0.176 e. The number of halogens is 1. The van der Waals surface area contributed by atoms with Crippen molar-refractivity contribution < 1.29 is 9.53 Å². The molecule has 2 rings (SSSR count). The Morgan fingerprint density at radius 1 is 1.22 bits per heavy atom. The van der Waals surface area contributed by atoms with E-state index in [1.165, 1.54) is 16.9 Å². The number of Topliss-reactive ketones (excluding diaryl/α,β-unsaturated/α-hetero) is 1. The van der Waals surface area contributed by atoms with Crippen LogP contribution in [0.1, 0.15) is 27.2 Å². The highest BCUT2D eigenvalue weighted by Crippen LogP contribution is 2.31. The van der Waals surface area contributed by atoms with Gasteiger partial charge in [-0.05, 0) is 38.4 Å². The largest absolute Gasteiger partial charge is 0.490 e. The van der Waals surface area contributed by atoms with Crippen molar-refractivity contribution in [2.75, 3.05) is 27.2 Å². The van der Waals surface area contributed by atoms with Crippen LogP contribution in [0.3, 0.4) is 0 Å². The number of aryl methyl sites for hydroxylation is 2. The Hall–Kier alpha value is -1.36. The van der Waals surface area contributed by atoms with Gasteiger partial charge < -0.3 is 9.64 Å². The average Bonchev–Trinajstić information content (AvgIpc) is 2.87. The number of hydrogen-bond acceptors (Lipinski definition) is 4. The zero-order valence-electron chi connectivity index (χ0n) is 13.9. The van der Waals surface area contributed by atoms with Crippen LogP contribution >= 0.6 is 23.7 Å². The van der Waals surface area contributed by atoms with Gasteiger partial charge in [0.05, 0.1) is 0 Å². The molecule has 0 N–H and O–H groups in total. The van der Waals surface area contributed by atoms with Crippen LogP contribution in [0.4, 0.5) is 0 Å². The van der Waals surface area contributed by atoms with Crippen molar-refractivity contribution in [1.29, 1.82) is 0 Å². The standard InChI is InChI=1S/C18H23NO2S.ClH/c1-14-13-22-18(17(14)21-12-11-19(2)3)16(20)10-9-15-7-5-4-6-8-15;/h4-8,13H,9-12H2,1-3H3;1H. The molecule has 2 aromatic rings. The van der Waals surface area contributed by atoms with Crippen LogP contribution in [-0.4, -0.2) is 37.9 Å². The van der Waals surface area contributed by atoms with Crippen molar-refractivity contribution >= 4 is 29.5 Å². The lowest BCUT2D eigenvalue weighted by molar-refractivity contribution is 0.0982. The van der Waals surface area contributed by atoms with Gasteiger partial charge in [0.2, 0.25) is 0 Å². The lowest BCUT2D eigenvalue weighted by Crippen LogP contribution is -2.20. The number of nitrogens with zero attached hydrogens (tertiary/aromatic N) is 1. The molecule has 0 atom stereocenters. The fourth-order valence-electron chi connectivity index (χ4n) is 2.15. The molecule has 3 nitrogen and oxygen atoms in total. The summed E-state index contributed by atoms with van der Waals surface area (Å²) in [5.41, 5.74) is 2.24. The number of ketones is 1. The number of rotatable bonds is 8. The van der Waals surface area contributed by atoms with Gasteiger partial charge in [-0.1, -0.05) is 30.3 Å². The summed E-state index contributed by atoms with van der Waals surface area (Å²) < 4.78 is 5.84. The third-order valence-electron chi connectivity index (χ3n) is 3.44. The van der Waals surface area contributed by atoms with Gasteiger partial charge in [0.25, 0.3) is 0 Å². The molecule has 1 heterocycles. The number of hydrogen-bond donors (Lipinski definition) is 0. The second-order valence-electron chi connectivity index (χ2n) is 5.64. The van der Waals surface area contributed by atoms with Gasteiger partial charge in [0, 0.05) is 18.5 Å². The highest BCUT2D eigenvalue weighted by Gasteiger charge is 2.17. The third kappa shape index (κ3) is 5.98. The van der Waals surface area contributed by atoms with Crippen molar-refractivity contribution in [3.05, 3.63) is 51.7 Å². The summed E-state index contributed by atoms with van der Waals surface area (Å²) >= 11 is 1.49. The van der Waals surface area contributed by atoms with E-state index in [2.05, 4.69) is 17.0 Å². The summed E-state index contributed by atoms with van der Waals surface area (Å²) in [4.78, 5) is 15.3. The quantitative estimate of drug-likeness (QED) is 0.665. The van der Waals surface area contributed by atoms with E-state index in [1.807, 2.05) is 44.6 Å². The zero-order chi connectivity index (χ0) is 15.9. The Bertz CT molecular complexity index is 611. The van der Waals surface area contributed by atoms with Gasteiger partial charge >= 0.3 is 0 Å². The average molecular weight is 354 g/mol. The summed E-state index contributed by atoms with van der Waals surface area (Å²) in [6.07, 6.45) is 1.29. The first-order valence-corrected chi connectivity index (χ1v) is 8.38. The molecule has 0 radical (unpaired) electrons. The van der Waals surface area contributed by atoms with E-state index in [0.29, 0.717) is 13.0 Å². The molecule has 5 heteroatoms. The SMILES string of the molecule is Cc1csc(C(=O)CCc2ccccc2)c1OCCN(C)C.Cl. The first kappa shape index (κ1) is 19.7. The van der Waals surface area contributed by atoms with Crippen LogP contribution in [0, 0.1) is 6.92 Å². The van der Waals surface area contributed by atoms with E-state index in [1.54, 1.807) is 0 Å². The Kier molecular flexibility index (Phi) is 8.31. The van der Waals surface area contributed by atoms with Gasteiger partial charge in [-0.3, -0.25) is 4.79 Å². The lowest BCUT2D eigenvalue weighted by Gasteiger charge is -2.12. The van der Waals surface area contributed by atoms with Gasteiger partial charge in [-0.2, -0.15) is 0 Å². The first-order chi connectivity index (χ1) is 10.6. The third-order valence-corrected chi connectivity index (χ3v) is 4.56. The van der Waals surface area contributed by atoms with Crippen LogP contribution in [0.25, 0.3) is 0 Å². The minimum absolute atomic E-state index is 0. The normalized spacial score (nSPS) is 10.4. The Labute approximate surface area is 148 Å². The van der Waals surface area contributed by atoms with E-state index in [9.17, 15) is 4.79 Å². The molecule has 0 aliphatic heterocycles. The van der Waals surface area contributed by atoms with E-state index in [-0.39, 0.29) is 18.2 Å². The summed E-state index contributed by atoms with van der Waals surface area (Å²) in [6, 6.07) is 10.1. The van der Waals surface area contributed by atoms with Crippen LogP contribution in [0.2, 0.25) is 0 Å². The maximum absolute atomic E-state index is 12.5. The van der Waals surface area contributed by atoms with Crippen molar-refractivity contribution in [2.45, 2.75) is 19.8 Å². The molecular weight excluding hydrogens is 330 g/mol. The van der Waals surface area contributed by atoms with Crippen LogP contribution in [0.5, 0.6) is 5.75 Å². The number of benzene rings is 1. The highest BCUT2D eigenvalue weighted by atomic mass is 35.5. The lowest BCUT2D eigenvalue weighted by atomic mass is 10.1. The van der Waals surface area contributed by atoms with Crippen molar-refractivity contribution in [3.8, 4) is 5.75 Å². The molecular formula is C18H24ClNO2S. The summed E-state index contributed by atoms with van der Waals surface area (Å²) in [5, 5.41) is 2.00.